The number of aliphatic hydroxyl groups excluding tert-OH is 1. The van der Waals surface area contributed by atoms with Crippen molar-refractivity contribution < 1.29 is 14.9 Å². The summed E-state index contributed by atoms with van der Waals surface area (Å²) in [7, 11) is 1.62. The summed E-state index contributed by atoms with van der Waals surface area (Å²) in [5.41, 5.74) is 6.75. The summed E-state index contributed by atoms with van der Waals surface area (Å²) in [5, 5.41) is 20.4. The van der Waals surface area contributed by atoms with Crippen LogP contribution in [0.1, 0.15) is 56.8 Å². The van der Waals surface area contributed by atoms with E-state index in [1.165, 1.54) is 0 Å². The van der Waals surface area contributed by atoms with E-state index in [0.717, 1.165) is 36.1 Å². The third kappa shape index (κ3) is 6.04. The molecule has 0 saturated heterocycles. The monoisotopic (exact) mass is 295 g/mol. The molecule has 0 heterocycles. The van der Waals surface area contributed by atoms with Crippen LogP contribution >= 0.6 is 0 Å². The molecule has 0 amide bonds. The van der Waals surface area contributed by atoms with E-state index < -0.39 is 11.7 Å². The maximum absolute atomic E-state index is 10.3. The van der Waals surface area contributed by atoms with Crippen LogP contribution in [0, 0.1) is 0 Å². The van der Waals surface area contributed by atoms with Gasteiger partial charge in [-0.15, -0.1) is 0 Å². The number of aliphatic hydroxyl groups is 2. The number of methoxy groups -OCH3 is 1. The second-order valence-corrected chi connectivity index (χ2v) is 5.95. The molecule has 21 heavy (non-hydrogen) atoms. The molecule has 4 nitrogen and oxygen atoms in total. The zero-order valence-electron chi connectivity index (χ0n) is 13.4. The number of nitrogens with two attached hydrogens (primary N) is 1. The highest BCUT2D eigenvalue weighted by Gasteiger charge is 2.19. The lowest BCUT2D eigenvalue weighted by Gasteiger charge is -2.23. The van der Waals surface area contributed by atoms with Gasteiger partial charge in [0.05, 0.1) is 18.8 Å². The van der Waals surface area contributed by atoms with Crippen molar-refractivity contribution >= 4 is 0 Å². The fraction of sp³-hybridized carbons (Fsp3) is 0.647. The molecule has 0 fully saturated rings. The van der Waals surface area contributed by atoms with Gasteiger partial charge in [0.2, 0.25) is 0 Å². The molecule has 120 valence electrons. The number of hydrogen-bond donors (Lipinski definition) is 3. The van der Waals surface area contributed by atoms with Crippen LogP contribution in [-0.4, -0.2) is 29.5 Å². The molecule has 1 aromatic carbocycles. The van der Waals surface area contributed by atoms with E-state index in [1.807, 2.05) is 25.1 Å². The van der Waals surface area contributed by atoms with E-state index in [1.54, 1.807) is 7.11 Å². The third-order valence-corrected chi connectivity index (χ3v) is 3.79. The minimum atomic E-state index is -0.645. The second-order valence-electron chi connectivity index (χ2n) is 5.95. The van der Waals surface area contributed by atoms with Crippen LogP contribution < -0.4 is 10.5 Å². The van der Waals surface area contributed by atoms with Crippen molar-refractivity contribution in [1.29, 1.82) is 0 Å². The van der Waals surface area contributed by atoms with Gasteiger partial charge in [0.1, 0.15) is 5.75 Å². The Morgan fingerprint density at radius 2 is 2.00 bits per heavy atom. The SMILES string of the molecule is CCCC(C)(O)CCc1cc(OC)cc(C(O)CCN)c1. The Labute approximate surface area is 127 Å². The van der Waals surface area contributed by atoms with E-state index in [2.05, 4.69) is 6.92 Å². The molecule has 1 rings (SSSR count). The predicted molar refractivity (Wildman–Crippen MR) is 85.5 cm³/mol. The van der Waals surface area contributed by atoms with Crippen LogP contribution in [0.3, 0.4) is 0 Å². The summed E-state index contributed by atoms with van der Waals surface area (Å²) < 4.78 is 5.30. The molecule has 4 heteroatoms. The van der Waals surface area contributed by atoms with Gasteiger partial charge in [-0.3, -0.25) is 0 Å². The molecule has 0 aliphatic rings. The fourth-order valence-electron chi connectivity index (χ4n) is 2.54. The van der Waals surface area contributed by atoms with Crippen LogP contribution in [-0.2, 0) is 6.42 Å². The first kappa shape index (κ1) is 18.0. The Morgan fingerprint density at radius 3 is 2.57 bits per heavy atom. The standard InChI is InChI=1S/C17H29NO3/c1-4-7-17(2,20)8-5-13-10-14(16(19)6-9-18)12-15(11-13)21-3/h10-12,16,19-20H,4-9,18H2,1-3H3. The first-order valence-corrected chi connectivity index (χ1v) is 7.70. The van der Waals surface area contributed by atoms with Gasteiger partial charge in [-0.05, 0) is 62.4 Å². The van der Waals surface area contributed by atoms with Crippen LogP contribution in [0.2, 0.25) is 0 Å². The highest BCUT2D eigenvalue weighted by Crippen LogP contribution is 2.26. The molecular weight excluding hydrogens is 266 g/mol. The fourth-order valence-corrected chi connectivity index (χ4v) is 2.54. The van der Waals surface area contributed by atoms with Crippen molar-refractivity contribution in [2.24, 2.45) is 5.73 Å². The second kappa shape index (κ2) is 8.37. The van der Waals surface area contributed by atoms with Crippen molar-refractivity contribution in [1.82, 2.24) is 0 Å². The van der Waals surface area contributed by atoms with E-state index in [-0.39, 0.29) is 0 Å². The summed E-state index contributed by atoms with van der Waals surface area (Å²) in [6.07, 6.45) is 3.17. The lowest BCUT2D eigenvalue weighted by molar-refractivity contribution is 0.0415. The predicted octanol–water partition coefficient (Wildman–Crippen LogP) is 2.56. The third-order valence-electron chi connectivity index (χ3n) is 3.79. The lowest BCUT2D eigenvalue weighted by atomic mass is 9.91. The van der Waals surface area contributed by atoms with Gasteiger partial charge in [0, 0.05) is 0 Å². The van der Waals surface area contributed by atoms with Crippen molar-refractivity contribution in [3.63, 3.8) is 0 Å². The molecule has 2 atom stereocenters. The number of aryl methyl sites for hydroxylation is 1. The highest BCUT2D eigenvalue weighted by atomic mass is 16.5. The van der Waals surface area contributed by atoms with Gasteiger partial charge in [-0.25, -0.2) is 0 Å². The van der Waals surface area contributed by atoms with Crippen LogP contribution in [0.4, 0.5) is 0 Å². The van der Waals surface area contributed by atoms with Crippen molar-refractivity contribution in [2.75, 3.05) is 13.7 Å². The van der Waals surface area contributed by atoms with E-state index >= 15 is 0 Å². The molecular formula is C17H29NO3. The number of hydrogen-bond acceptors (Lipinski definition) is 4. The largest absolute Gasteiger partial charge is 0.497 e. The van der Waals surface area contributed by atoms with Gasteiger partial charge in [0.25, 0.3) is 0 Å². The highest BCUT2D eigenvalue weighted by molar-refractivity contribution is 5.35. The smallest absolute Gasteiger partial charge is 0.119 e. The summed E-state index contributed by atoms with van der Waals surface area (Å²) in [6.45, 7) is 4.39. The summed E-state index contributed by atoms with van der Waals surface area (Å²) in [6, 6.07) is 5.78. The first-order valence-electron chi connectivity index (χ1n) is 7.70. The Balaban J connectivity index is 2.84. The summed E-state index contributed by atoms with van der Waals surface area (Å²) >= 11 is 0. The van der Waals surface area contributed by atoms with Gasteiger partial charge >= 0.3 is 0 Å². The van der Waals surface area contributed by atoms with Crippen LogP contribution in [0.15, 0.2) is 18.2 Å². The lowest BCUT2D eigenvalue weighted by Crippen LogP contribution is -2.24. The van der Waals surface area contributed by atoms with Gasteiger partial charge < -0.3 is 20.7 Å². The van der Waals surface area contributed by atoms with Gasteiger partial charge in [-0.1, -0.05) is 19.4 Å². The Morgan fingerprint density at radius 1 is 1.29 bits per heavy atom. The maximum atomic E-state index is 10.3. The molecule has 4 N–H and O–H groups in total. The summed E-state index contributed by atoms with van der Waals surface area (Å²) in [4.78, 5) is 0. The summed E-state index contributed by atoms with van der Waals surface area (Å²) in [5.74, 6) is 0.730. The van der Waals surface area contributed by atoms with Crippen LogP contribution in [0.5, 0.6) is 5.75 Å². The van der Waals surface area contributed by atoms with Crippen molar-refractivity contribution in [2.45, 2.75) is 57.7 Å². The van der Waals surface area contributed by atoms with Gasteiger partial charge in [0.15, 0.2) is 0 Å². The van der Waals surface area contributed by atoms with E-state index in [4.69, 9.17) is 10.5 Å². The minimum Gasteiger partial charge on any atom is -0.497 e. The van der Waals surface area contributed by atoms with Crippen LogP contribution in [0.25, 0.3) is 0 Å². The minimum absolute atomic E-state index is 0.443. The van der Waals surface area contributed by atoms with Gasteiger partial charge in [-0.2, -0.15) is 0 Å². The molecule has 0 spiro atoms. The average molecular weight is 295 g/mol. The molecule has 0 aromatic heterocycles. The normalized spacial score (nSPS) is 15.5. The number of ether oxygens (including phenoxy) is 1. The topological polar surface area (TPSA) is 75.7 Å². The molecule has 0 aliphatic carbocycles. The van der Waals surface area contributed by atoms with Crippen molar-refractivity contribution in [3.05, 3.63) is 29.3 Å². The molecule has 0 bridgehead atoms. The zero-order chi connectivity index (χ0) is 15.9. The zero-order valence-corrected chi connectivity index (χ0v) is 13.4. The molecule has 0 aliphatic heterocycles. The number of benzene rings is 1. The Kier molecular flexibility index (Phi) is 7.15. The first-order chi connectivity index (χ1) is 9.91. The molecule has 1 aromatic rings. The molecule has 0 radical (unpaired) electrons. The Hall–Kier alpha value is -1.10. The maximum Gasteiger partial charge on any atom is 0.119 e. The van der Waals surface area contributed by atoms with Crippen molar-refractivity contribution in [3.8, 4) is 5.75 Å². The van der Waals surface area contributed by atoms with E-state index in [0.29, 0.717) is 19.4 Å². The van der Waals surface area contributed by atoms with E-state index in [9.17, 15) is 10.2 Å². The number of rotatable bonds is 9. The average Bonchev–Trinajstić information content (AvgIpc) is 2.45. The molecule has 0 saturated carbocycles. The quantitative estimate of drug-likeness (QED) is 0.654. The molecule has 2 unspecified atom stereocenters. The Bertz CT molecular complexity index is 432.